The van der Waals surface area contributed by atoms with E-state index in [4.69, 9.17) is 24.2 Å². The van der Waals surface area contributed by atoms with Crippen molar-refractivity contribution in [2.45, 2.75) is 84.5 Å². The monoisotopic (exact) mass is 451 g/mol. The summed E-state index contributed by atoms with van der Waals surface area (Å²) in [6, 6.07) is 0. The smallest absolute Gasteiger partial charge is 0.239 e. The molecule has 1 aliphatic rings. The Labute approximate surface area is 192 Å². The molecule has 0 spiro atoms. The molecule has 0 N–H and O–H groups in total. The van der Waals surface area contributed by atoms with E-state index in [-0.39, 0.29) is 25.3 Å². The molecule has 0 unspecified atom stereocenters. The molecule has 0 aromatic carbocycles. The Hall–Kier alpha value is -1.84. The fraction of sp³-hybridized carbons (Fsp3) is 0.826. The van der Waals surface area contributed by atoms with E-state index in [1.165, 1.54) is 31.1 Å². The van der Waals surface area contributed by atoms with E-state index in [1.807, 2.05) is 4.90 Å². The van der Waals surface area contributed by atoms with Crippen LogP contribution in [-0.4, -0.2) is 61.4 Å². The Morgan fingerprint density at radius 2 is 1.53 bits per heavy atom. The average molecular weight is 452 g/mol. The molecule has 2 rings (SSSR count). The van der Waals surface area contributed by atoms with Gasteiger partial charge in [-0.05, 0) is 25.7 Å². The summed E-state index contributed by atoms with van der Waals surface area (Å²) in [5.41, 5.74) is 0. The lowest BCUT2D eigenvalue weighted by molar-refractivity contribution is -0.117. The molecular weight excluding hydrogens is 410 g/mol. The SMILES string of the molecule is CCCCOCN(COC)c1nc(C2CCCCC2)nc(N(COCCCC)C(C)=O)n1. The lowest BCUT2D eigenvalue weighted by atomic mass is 9.89. The third kappa shape index (κ3) is 8.60. The summed E-state index contributed by atoms with van der Waals surface area (Å²) in [5.74, 6) is 1.64. The molecule has 1 aromatic rings. The van der Waals surface area contributed by atoms with Crippen LogP contribution in [0.1, 0.15) is 90.3 Å². The zero-order chi connectivity index (χ0) is 23.2. The van der Waals surface area contributed by atoms with Crippen LogP contribution in [0.3, 0.4) is 0 Å². The Balaban J connectivity index is 2.32. The zero-order valence-corrected chi connectivity index (χ0v) is 20.3. The Morgan fingerprint density at radius 1 is 0.906 bits per heavy atom. The summed E-state index contributed by atoms with van der Waals surface area (Å²) < 4.78 is 16.9. The number of rotatable bonds is 15. The largest absolute Gasteiger partial charge is 0.364 e. The van der Waals surface area contributed by atoms with Gasteiger partial charge in [0, 0.05) is 33.2 Å². The predicted octanol–water partition coefficient (Wildman–Crippen LogP) is 4.23. The maximum atomic E-state index is 12.4. The van der Waals surface area contributed by atoms with Crippen molar-refractivity contribution in [3.63, 3.8) is 0 Å². The van der Waals surface area contributed by atoms with Gasteiger partial charge < -0.3 is 14.2 Å². The van der Waals surface area contributed by atoms with E-state index in [2.05, 4.69) is 18.8 Å². The number of unbranched alkanes of at least 4 members (excludes halogenated alkanes) is 2. The standard InChI is InChI=1S/C23H41N5O4/c1-5-7-14-31-17-27(16-30-4)22-24-21(20-12-10-9-11-13-20)25-23(26-22)28(19(3)29)18-32-15-8-6-2/h20H,5-18H2,1-4H3. The second-order valence-electron chi connectivity index (χ2n) is 8.32. The van der Waals surface area contributed by atoms with Crippen molar-refractivity contribution >= 4 is 17.8 Å². The Bertz CT molecular complexity index is 670. The zero-order valence-electron chi connectivity index (χ0n) is 20.3. The number of amides is 1. The third-order valence-corrected chi connectivity index (χ3v) is 5.54. The molecule has 1 aliphatic carbocycles. The molecule has 0 atom stereocenters. The first-order valence-electron chi connectivity index (χ1n) is 12.0. The molecule has 182 valence electrons. The van der Waals surface area contributed by atoms with Crippen LogP contribution in [0, 0.1) is 0 Å². The summed E-state index contributed by atoms with van der Waals surface area (Å²) in [7, 11) is 1.63. The van der Waals surface area contributed by atoms with Crippen molar-refractivity contribution in [2.75, 3.05) is 50.3 Å². The highest BCUT2D eigenvalue weighted by atomic mass is 16.5. The first-order valence-corrected chi connectivity index (χ1v) is 12.0. The van der Waals surface area contributed by atoms with Crippen LogP contribution in [0.2, 0.25) is 0 Å². The van der Waals surface area contributed by atoms with Gasteiger partial charge in [0.15, 0.2) is 0 Å². The molecule has 9 heteroatoms. The predicted molar refractivity (Wildman–Crippen MR) is 125 cm³/mol. The molecule has 1 amide bonds. The van der Waals surface area contributed by atoms with E-state index < -0.39 is 0 Å². The molecule has 0 radical (unpaired) electrons. The molecule has 0 saturated heterocycles. The lowest BCUT2D eigenvalue weighted by Crippen LogP contribution is -2.36. The molecule has 1 aromatic heterocycles. The maximum Gasteiger partial charge on any atom is 0.239 e. The summed E-state index contributed by atoms with van der Waals surface area (Å²) in [6.07, 6.45) is 9.71. The van der Waals surface area contributed by atoms with Crippen molar-refractivity contribution in [3.8, 4) is 0 Å². The van der Waals surface area contributed by atoms with Crippen molar-refractivity contribution < 1.29 is 19.0 Å². The minimum Gasteiger partial charge on any atom is -0.364 e. The molecule has 9 nitrogen and oxygen atoms in total. The molecule has 0 bridgehead atoms. The number of carbonyl (C=O) groups excluding carboxylic acids is 1. The van der Waals surface area contributed by atoms with Gasteiger partial charge in [0.05, 0.1) is 0 Å². The summed E-state index contributed by atoms with van der Waals surface area (Å²) in [5, 5.41) is 0. The molecular formula is C23H41N5O4. The summed E-state index contributed by atoms with van der Waals surface area (Å²) in [6.45, 7) is 7.72. The van der Waals surface area contributed by atoms with Crippen LogP contribution in [-0.2, 0) is 19.0 Å². The number of aromatic nitrogens is 3. The van der Waals surface area contributed by atoms with E-state index in [9.17, 15) is 4.79 Å². The summed E-state index contributed by atoms with van der Waals surface area (Å²) in [4.78, 5) is 29.9. The van der Waals surface area contributed by atoms with Crippen molar-refractivity contribution in [2.24, 2.45) is 0 Å². The number of hydrogen-bond donors (Lipinski definition) is 0. The second kappa shape index (κ2) is 15.1. The minimum absolute atomic E-state index is 0.125. The van der Waals surface area contributed by atoms with Crippen molar-refractivity contribution in [3.05, 3.63) is 5.82 Å². The highest BCUT2D eigenvalue weighted by Crippen LogP contribution is 2.32. The minimum atomic E-state index is -0.161. The van der Waals surface area contributed by atoms with Gasteiger partial charge in [0.2, 0.25) is 17.8 Å². The number of hydrogen-bond acceptors (Lipinski definition) is 8. The van der Waals surface area contributed by atoms with Gasteiger partial charge in [-0.2, -0.15) is 15.0 Å². The van der Waals surface area contributed by atoms with Gasteiger partial charge in [-0.25, -0.2) is 0 Å². The number of methoxy groups -OCH3 is 1. The van der Waals surface area contributed by atoms with Crippen LogP contribution in [0.15, 0.2) is 0 Å². The Morgan fingerprint density at radius 3 is 2.12 bits per heavy atom. The first kappa shape index (κ1) is 26.4. The molecule has 1 heterocycles. The van der Waals surface area contributed by atoms with Crippen molar-refractivity contribution in [1.82, 2.24) is 15.0 Å². The molecule has 32 heavy (non-hydrogen) atoms. The second-order valence-corrected chi connectivity index (χ2v) is 8.32. The number of carbonyl (C=O) groups is 1. The lowest BCUT2D eigenvalue weighted by Gasteiger charge is -2.27. The van der Waals surface area contributed by atoms with Gasteiger partial charge in [0.25, 0.3) is 0 Å². The fourth-order valence-corrected chi connectivity index (χ4v) is 3.60. The highest BCUT2D eigenvalue weighted by molar-refractivity contribution is 5.89. The van der Waals surface area contributed by atoms with Gasteiger partial charge in [-0.1, -0.05) is 46.0 Å². The van der Waals surface area contributed by atoms with E-state index in [0.29, 0.717) is 31.8 Å². The van der Waals surface area contributed by atoms with Crippen LogP contribution in [0.25, 0.3) is 0 Å². The van der Waals surface area contributed by atoms with E-state index >= 15 is 0 Å². The normalized spacial score (nSPS) is 14.5. The van der Waals surface area contributed by atoms with E-state index in [1.54, 1.807) is 7.11 Å². The number of nitrogens with zero attached hydrogens (tertiary/aromatic N) is 5. The quantitative estimate of drug-likeness (QED) is 0.289. The number of ether oxygens (including phenoxy) is 3. The average Bonchev–Trinajstić information content (AvgIpc) is 2.81. The van der Waals surface area contributed by atoms with Crippen molar-refractivity contribution in [1.29, 1.82) is 0 Å². The van der Waals surface area contributed by atoms with Gasteiger partial charge >= 0.3 is 0 Å². The van der Waals surface area contributed by atoms with Gasteiger partial charge in [-0.15, -0.1) is 0 Å². The fourth-order valence-electron chi connectivity index (χ4n) is 3.60. The summed E-state index contributed by atoms with van der Waals surface area (Å²) >= 11 is 0. The van der Waals surface area contributed by atoms with Crippen LogP contribution >= 0.6 is 0 Å². The van der Waals surface area contributed by atoms with E-state index in [0.717, 1.165) is 44.3 Å². The Kier molecular flexibility index (Phi) is 12.4. The van der Waals surface area contributed by atoms with Crippen LogP contribution < -0.4 is 9.80 Å². The molecule has 1 fully saturated rings. The topological polar surface area (TPSA) is 89.9 Å². The van der Waals surface area contributed by atoms with Gasteiger partial charge in [-0.3, -0.25) is 14.6 Å². The first-order chi connectivity index (χ1) is 15.6. The van der Waals surface area contributed by atoms with Crippen LogP contribution in [0.5, 0.6) is 0 Å². The van der Waals surface area contributed by atoms with Crippen LogP contribution in [0.4, 0.5) is 11.9 Å². The maximum absolute atomic E-state index is 12.4. The third-order valence-electron chi connectivity index (χ3n) is 5.54. The number of anilines is 2. The molecule has 0 aliphatic heterocycles. The highest BCUT2D eigenvalue weighted by Gasteiger charge is 2.25. The van der Waals surface area contributed by atoms with Gasteiger partial charge in [0.1, 0.15) is 26.0 Å². The molecule has 1 saturated carbocycles.